The van der Waals surface area contributed by atoms with Crippen LogP contribution in [0.5, 0.6) is 0 Å². The lowest BCUT2D eigenvalue weighted by Crippen LogP contribution is -2.18. The van der Waals surface area contributed by atoms with Gasteiger partial charge in [-0.15, -0.1) is 11.8 Å². The molecule has 1 aliphatic rings. The molecule has 1 fully saturated rings. The molecule has 0 aliphatic carbocycles. The lowest BCUT2D eigenvalue weighted by molar-refractivity contribution is 0.0691. The van der Waals surface area contributed by atoms with Crippen LogP contribution >= 0.6 is 11.8 Å². The molecule has 0 unspecified atom stereocenters. The lowest BCUT2D eigenvalue weighted by atomic mass is 10.2. The first-order valence-corrected chi connectivity index (χ1v) is 6.92. The Morgan fingerprint density at radius 1 is 1.44 bits per heavy atom. The minimum Gasteiger partial charge on any atom is -0.478 e. The molecule has 0 aromatic carbocycles. The normalized spacial score (nSPS) is 16.8. The van der Waals surface area contributed by atoms with Crippen molar-refractivity contribution in [3.8, 4) is 0 Å². The quantitative estimate of drug-likeness (QED) is 0.912. The first-order chi connectivity index (χ1) is 8.58. The molecule has 5 heteroatoms. The van der Waals surface area contributed by atoms with Crippen LogP contribution in [0.4, 0.5) is 0 Å². The van der Waals surface area contributed by atoms with Crippen molar-refractivity contribution in [2.75, 3.05) is 13.2 Å². The van der Waals surface area contributed by atoms with E-state index in [0.717, 1.165) is 36.6 Å². The molecule has 18 heavy (non-hydrogen) atoms. The zero-order chi connectivity index (χ0) is 13.1. The van der Waals surface area contributed by atoms with E-state index in [1.54, 1.807) is 18.7 Å². The van der Waals surface area contributed by atoms with Crippen molar-refractivity contribution in [3.05, 3.63) is 23.0 Å². The van der Waals surface area contributed by atoms with E-state index in [2.05, 4.69) is 4.98 Å². The molecule has 0 saturated carbocycles. The standard InChI is InChI=1S/C13H17NO3S/c1-8-7-11(12(13(15)16)9(2)14-8)18-10-3-5-17-6-4-10/h7,10H,3-6H2,1-2H3,(H,15,16). The maximum absolute atomic E-state index is 11.3. The monoisotopic (exact) mass is 267 g/mol. The van der Waals surface area contributed by atoms with Crippen molar-refractivity contribution in [1.82, 2.24) is 4.98 Å². The maximum atomic E-state index is 11.3. The minimum absolute atomic E-state index is 0.345. The smallest absolute Gasteiger partial charge is 0.338 e. The molecular weight excluding hydrogens is 250 g/mol. The summed E-state index contributed by atoms with van der Waals surface area (Å²) in [5.74, 6) is -0.894. The second-order valence-electron chi connectivity index (χ2n) is 4.46. The molecular formula is C13H17NO3S. The van der Waals surface area contributed by atoms with Gasteiger partial charge in [-0.05, 0) is 32.8 Å². The lowest BCUT2D eigenvalue weighted by Gasteiger charge is -2.22. The van der Waals surface area contributed by atoms with E-state index < -0.39 is 5.97 Å². The Labute approximate surface area is 111 Å². The fourth-order valence-corrected chi connectivity index (χ4v) is 3.50. The van der Waals surface area contributed by atoms with E-state index in [-0.39, 0.29) is 0 Å². The molecule has 0 bridgehead atoms. The predicted molar refractivity (Wildman–Crippen MR) is 70.4 cm³/mol. The molecule has 1 aliphatic heterocycles. The first kappa shape index (κ1) is 13.4. The van der Waals surface area contributed by atoms with Gasteiger partial charge in [0.05, 0.1) is 11.3 Å². The molecule has 0 atom stereocenters. The molecule has 98 valence electrons. The van der Waals surface area contributed by atoms with Crippen LogP contribution in [0.25, 0.3) is 0 Å². The number of hydrogen-bond donors (Lipinski definition) is 1. The van der Waals surface area contributed by atoms with Gasteiger partial charge in [-0.25, -0.2) is 4.79 Å². The van der Waals surface area contributed by atoms with E-state index >= 15 is 0 Å². The Balaban J connectivity index is 2.27. The highest BCUT2D eigenvalue weighted by Crippen LogP contribution is 2.33. The number of carbonyl (C=O) groups is 1. The average molecular weight is 267 g/mol. The van der Waals surface area contributed by atoms with Gasteiger partial charge >= 0.3 is 5.97 Å². The third-order valence-electron chi connectivity index (χ3n) is 2.97. The summed E-state index contributed by atoms with van der Waals surface area (Å²) in [4.78, 5) is 16.4. The highest BCUT2D eigenvalue weighted by atomic mass is 32.2. The van der Waals surface area contributed by atoms with Gasteiger partial charge in [0.2, 0.25) is 0 Å². The number of rotatable bonds is 3. The van der Waals surface area contributed by atoms with E-state index in [1.807, 2.05) is 13.0 Å². The van der Waals surface area contributed by atoms with Crippen LogP contribution in [-0.2, 0) is 4.74 Å². The van der Waals surface area contributed by atoms with Crippen LogP contribution in [0.2, 0.25) is 0 Å². The van der Waals surface area contributed by atoms with Crippen molar-refractivity contribution in [2.45, 2.75) is 36.8 Å². The summed E-state index contributed by atoms with van der Waals surface area (Å²) in [6, 6.07) is 1.87. The van der Waals surface area contributed by atoms with Gasteiger partial charge in [-0.3, -0.25) is 4.98 Å². The van der Waals surface area contributed by atoms with E-state index in [0.29, 0.717) is 16.5 Å². The maximum Gasteiger partial charge on any atom is 0.338 e. The number of ether oxygens (including phenoxy) is 1. The molecule has 1 N–H and O–H groups in total. The zero-order valence-corrected chi connectivity index (χ0v) is 11.4. The molecule has 2 rings (SSSR count). The average Bonchev–Trinajstić information content (AvgIpc) is 2.28. The van der Waals surface area contributed by atoms with Crippen molar-refractivity contribution in [1.29, 1.82) is 0 Å². The number of aryl methyl sites for hydroxylation is 2. The number of pyridine rings is 1. The van der Waals surface area contributed by atoms with Crippen molar-refractivity contribution in [2.24, 2.45) is 0 Å². The van der Waals surface area contributed by atoms with Gasteiger partial charge in [-0.1, -0.05) is 0 Å². The van der Waals surface area contributed by atoms with Crippen LogP contribution in [0.3, 0.4) is 0 Å². The van der Waals surface area contributed by atoms with Crippen LogP contribution in [0, 0.1) is 13.8 Å². The molecule has 0 amide bonds. The molecule has 4 nitrogen and oxygen atoms in total. The number of hydrogen-bond acceptors (Lipinski definition) is 4. The summed E-state index contributed by atoms with van der Waals surface area (Å²) in [6.07, 6.45) is 1.95. The Morgan fingerprint density at radius 3 is 2.72 bits per heavy atom. The minimum atomic E-state index is -0.894. The van der Waals surface area contributed by atoms with E-state index in [4.69, 9.17) is 4.74 Å². The van der Waals surface area contributed by atoms with E-state index in [1.165, 1.54) is 0 Å². The second kappa shape index (κ2) is 5.71. The van der Waals surface area contributed by atoms with Crippen molar-refractivity contribution >= 4 is 17.7 Å². The predicted octanol–water partition coefficient (Wildman–Crippen LogP) is 2.67. The summed E-state index contributed by atoms with van der Waals surface area (Å²) in [6.45, 7) is 5.18. The number of thioether (sulfide) groups is 1. The summed E-state index contributed by atoms with van der Waals surface area (Å²) in [5.41, 5.74) is 1.81. The van der Waals surface area contributed by atoms with E-state index in [9.17, 15) is 9.90 Å². The molecule has 2 heterocycles. The zero-order valence-electron chi connectivity index (χ0n) is 10.6. The van der Waals surface area contributed by atoms with Gasteiger partial charge in [-0.2, -0.15) is 0 Å². The van der Waals surface area contributed by atoms with Gasteiger partial charge in [0.25, 0.3) is 0 Å². The third-order valence-corrected chi connectivity index (χ3v) is 4.35. The molecule has 0 radical (unpaired) electrons. The second-order valence-corrected chi connectivity index (χ2v) is 5.80. The Hall–Kier alpha value is -1.07. The molecule has 1 aromatic rings. The number of aromatic carboxylic acids is 1. The Morgan fingerprint density at radius 2 is 2.11 bits per heavy atom. The highest BCUT2D eigenvalue weighted by molar-refractivity contribution is 8.00. The molecule has 1 aromatic heterocycles. The number of aromatic nitrogens is 1. The van der Waals surface area contributed by atoms with Crippen LogP contribution < -0.4 is 0 Å². The number of carboxylic acid groups (broad SMARTS) is 1. The van der Waals surface area contributed by atoms with Crippen LogP contribution in [-0.4, -0.2) is 34.5 Å². The Bertz CT molecular complexity index is 456. The SMILES string of the molecule is Cc1cc(SC2CCOCC2)c(C(=O)O)c(C)n1. The molecule has 1 saturated heterocycles. The van der Waals surface area contributed by atoms with Crippen molar-refractivity contribution < 1.29 is 14.6 Å². The summed E-state index contributed by atoms with van der Waals surface area (Å²) >= 11 is 1.65. The summed E-state index contributed by atoms with van der Waals surface area (Å²) in [5, 5.41) is 9.73. The topological polar surface area (TPSA) is 59.4 Å². The largest absolute Gasteiger partial charge is 0.478 e. The summed E-state index contributed by atoms with van der Waals surface area (Å²) < 4.78 is 5.32. The summed E-state index contributed by atoms with van der Waals surface area (Å²) in [7, 11) is 0. The van der Waals surface area contributed by atoms with Gasteiger partial charge in [0.15, 0.2) is 0 Å². The third kappa shape index (κ3) is 3.03. The highest BCUT2D eigenvalue weighted by Gasteiger charge is 2.21. The van der Waals surface area contributed by atoms with Gasteiger partial charge in [0.1, 0.15) is 0 Å². The van der Waals surface area contributed by atoms with Gasteiger partial charge < -0.3 is 9.84 Å². The fraction of sp³-hybridized carbons (Fsp3) is 0.538. The molecule has 0 spiro atoms. The van der Waals surface area contributed by atoms with Gasteiger partial charge in [0, 0.05) is 29.1 Å². The number of carboxylic acids is 1. The first-order valence-electron chi connectivity index (χ1n) is 6.04. The Kier molecular flexibility index (Phi) is 4.24. The fourth-order valence-electron chi connectivity index (χ4n) is 2.12. The van der Waals surface area contributed by atoms with Crippen LogP contribution in [0.15, 0.2) is 11.0 Å². The number of nitrogens with zero attached hydrogens (tertiary/aromatic N) is 1. The van der Waals surface area contributed by atoms with Crippen molar-refractivity contribution in [3.63, 3.8) is 0 Å². The van der Waals surface area contributed by atoms with Crippen LogP contribution in [0.1, 0.15) is 34.6 Å².